The van der Waals surface area contributed by atoms with Crippen LogP contribution in [0.2, 0.25) is 0 Å². The van der Waals surface area contributed by atoms with Gasteiger partial charge in [0.25, 0.3) is 5.56 Å². The summed E-state index contributed by atoms with van der Waals surface area (Å²) in [7, 11) is 1.64. The molecule has 0 fully saturated rings. The van der Waals surface area contributed by atoms with Gasteiger partial charge in [0.15, 0.2) is 0 Å². The van der Waals surface area contributed by atoms with Crippen LogP contribution in [0.15, 0.2) is 41.2 Å². The van der Waals surface area contributed by atoms with Gasteiger partial charge in [-0.3, -0.25) is 4.79 Å². The minimum absolute atomic E-state index is 0.153. The summed E-state index contributed by atoms with van der Waals surface area (Å²) in [5.74, 6) is 0.808. The lowest BCUT2D eigenvalue weighted by Gasteiger charge is -2.10. The first kappa shape index (κ1) is 14.8. The molecule has 1 N–H and O–H groups in total. The fraction of sp³-hybridized carbons (Fsp3) is 0.176. The summed E-state index contributed by atoms with van der Waals surface area (Å²) < 4.78 is 5.20. The first-order valence-corrected chi connectivity index (χ1v) is 7.98. The highest BCUT2D eigenvalue weighted by atomic mass is 79.9. The predicted octanol–water partition coefficient (Wildman–Crippen LogP) is 3.80. The molecule has 0 amide bonds. The number of ether oxygens (including phenoxy) is 1. The van der Waals surface area contributed by atoms with Crippen LogP contribution >= 0.6 is 15.9 Å². The topological polar surface area (TPSA) is 55.0 Å². The van der Waals surface area contributed by atoms with Crippen LogP contribution in [0.4, 0.5) is 0 Å². The van der Waals surface area contributed by atoms with Gasteiger partial charge in [0.1, 0.15) is 11.4 Å². The zero-order chi connectivity index (χ0) is 15.7. The summed E-state index contributed by atoms with van der Waals surface area (Å²) in [5.41, 5.74) is 4.97. The molecule has 2 aromatic carbocycles. The number of benzene rings is 2. The van der Waals surface area contributed by atoms with Gasteiger partial charge in [-0.25, -0.2) is 4.98 Å². The Hall–Kier alpha value is -2.14. The Balaban J connectivity index is 2.30. The maximum atomic E-state index is 11.8. The van der Waals surface area contributed by atoms with E-state index in [9.17, 15) is 4.79 Å². The molecule has 3 aromatic rings. The number of rotatable bonds is 3. The van der Waals surface area contributed by atoms with Crippen LogP contribution in [0.25, 0.3) is 22.2 Å². The second kappa shape index (κ2) is 5.93. The van der Waals surface area contributed by atoms with Crippen molar-refractivity contribution >= 4 is 27.0 Å². The lowest BCUT2D eigenvalue weighted by Crippen LogP contribution is -2.12. The molecule has 5 heteroatoms. The second-order valence-corrected chi connectivity index (χ2v) is 5.61. The van der Waals surface area contributed by atoms with Gasteiger partial charge < -0.3 is 9.72 Å². The first-order valence-electron chi connectivity index (χ1n) is 6.86. The molecular weight excluding hydrogens is 344 g/mol. The van der Waals surface area contributed by atoms with Crippen molar-refractivity contribution in [2.75, 3.05) is 7.11 Å². The molecule has 0 aliphatic rings. The van der Waals surface area contributed by atoms with E-state index >= 15 is 0 Å². The SMILES string of the molecule is COc1ccc(-c2cc(CBr)cc3[nH]c(=O)c(C)nc23)cc1. The van der Waals surface area contributed by atoms with E-state index in [0.717, 1.165) is 33.5 Å². The molecule has 0 aliphatic carbocycles. The minimum Gasteiger partial charge on any atom is -0.497 e. The van der Waals surface area contributed by atoms with Crippen molar-refractivity contribution in [2.24, 2.45) is 0 Å². The number of H-pyrrole nitrogens is 1. The smallest absolute Gasteiger partial charge is 0.269 e. The zero-order valence-electron chi connectivity index (χ0n) is 12.3. The molecule has 0 atom stereocenters. The zero-order valence-corrected chi connectivity index (χ0v) is 13.9. The van der Waals surface area contributed by atoms with Crippen molar-refractivity contribution in [1.82, 2.24) is 9.97 Å². The van der Waals surface area contributed by atoms with Crippen molar-refractivity contribution < 1.29 is 4.74 Å². The molecule has 0 saturated carbocycles. The highest BCUT2D eigenvalue weighted by molar-refractivity contribution is 9.08. The number of hydrogen-bond donors (Lipinski definition) is 1. The minimum atomic E-state index is -0.153. The fourth-order valence-corrected chi connectivity index (χ4v) is 2.73. The number of fused-ring (bicyclic) bond motifs is 1. The van der Waals surface area contributed by atoms with Crippen molar-refractivity contribution in [3.8, 4) is 16.9 Å². The van der Waals surface area contributed by atoms with E-state index in [1.807, 2.05) is 30.3 Å². The summed E-state index contributed by atoms with van der Waals surface area (Å²) >= 11 is 3.47. The largest absolute Gasteiger partial charge is 0.497 e. The van der Waals surface area contributed by atoms with E-state index < -0.39 is 0 Å². The van der Waals surface area contributed by atoms with Gasteiger partial charge >= 0.3 is 0 Å². The summed E-state index contributed by atoms with van der Waals surface area (Å²) in [5, 5.41) is 0.710. The van der Waals surface area contributed by atoms with Crippen LogP contribution in [0.5, 0.6) is 5.75 Å². The van der Waals surface area contributed by atoms with Gasteiger partial charge in [-0.1, -0.05) is 28.1 Å². The van der Waals surface area contributed by atoms with E-state index in [2.05, 4.69) is 32.0 Å². The number of hydrogen-bond acceptors (Lipinski definition) is 3. The summed E-state index contributed by atoms with van der Waals surface area (Å²) in [6.07, 6.45) is 0. The van der Waals surface area contributed by atoms with E-state index in [1.165, 1.54) is 0 Å². The summed E-state index contributed by atoms with van der Waals surface area (Å²) in [6.45, 7) is 1.72. The molecule has 0 unspecified atom stereocenters. The van der Waals surface area contributed by atoms with Crippen molar-refractivity contribution in [2.45, 2.75) is 12.3 Å². The molecule has 112 valence electrons. The van der Waals surface area contributed by atoms with Gasteiger partial charge in [0.05, 0.1) is 18.1 Å². The van der Waals surface area contributed by atoms with Gasteiger partial charge in [0, 0.05) is 10.9 Å². The Morgan fingerprint density at radius 1 is 1.23 bits per heavy atom. The lowest BCUT2D eigenvalue weighted by atomic mass is 10.0. The molecule has 1 heterocycles. The third kappa shape index (κ3) is 2.64. The molecule has 0 bridgehead atoms. The van der Waals surface area contributed by atoms with Crippen LogP contribution < -0.4 is 10.3 Å². The van der Waals surface area contributed by atoms with Crippen molar-refractivity contribution in [3.63, 3.8) is 0 Å². The molecule has 22 heavy (non-hydrogen) atoms. The van der Waals surface area contributed by atoms with E-state index in [-0.39, 0.29) is 5.56 Å². The van der Waals surface area contributed by atoms with Crippen LogP contribution in [0.1, 0.15) is 11.3 Å². The first-order chi connectivity index (χ1) is 10.6. The number of aryl methyl sites for hydroxylation is 1. The van der Waals surface area contributed by atoms with Gasteiger partial charge in [-0.2, -0.15) is 0 Å². The Bertz CT molecular complexity index is 886. The number of alkyl halides is 1. The number of aromatic nitrogens is 2. The number of aromatic amines is 1. The quantitative estimate of drug-likeness (QED) is 0.724. The fourth-order valence-electron chi connectivity index (χ4n) is 2.41. The number of methoxy groups -OCH3 is 1. The monoisotopic (exact) mass is 358 g/mol. The summed E-state index contributed by atoms with van der Waals surface area (Å²) in [4.78, 5) is 19.2. The maximum Gasteiger partial charge on any atom is 0.269 e. The average molecular weight is 359 g/mol. The lowest BCUT2D eigenvalue weighted by molar-refractivity contribution is 0.415. The maximum absolute atomic E-state index is 11.8. The van der Waals surface area contributed by atoms with Crippen LogP contribution in [-0.2, 0) is 5.33 Å². The summed E-state index contributed by atoms with van der Waals surface area (Å²) in [6, 6.07) is 11.9. The standard InChI is InChI=1S/C17H15BrN2O2/c1-10-17(21)20-15-8-11(9-18)7-14(16(15)19-10)12-3-5-13(22-2)6-4-12/h3-8H,9H2,1-2H3,(H,20,21). The Labute approximate surface area is 136 Å². The number of halogens is 1. The van der Waals surface area contributed by atoms with Crippen LogP contribution in [-0.4, -0.2) is 17.1 Å². The molecular formula is C17H15BrN2O2. The third-order valence-corrected chi connectivity index (χ3v) is 4.23. The number of nitrogens with one attached hydrogen (secondary N) is 1. The van der Waals surface area contributed by atoms with E-state index in [4.69, 9.17) is 4.74 Å². The highest BCUT2D eigenvalue weighted by Gasteiger charge is 2.10. The highest BCUT2D eigenvalue weighted by Crippen LogP contribution is 2.29. The second-order valence-electron chi connectivity index (χ2n) is 5.05. The number of nitrogens with zero attached hydrogens (tertiary/aromatic N) is 1. The molecule has 0 aliphatic heterocycles. The van der Waals surface area contributed by atoms with Gasteiger partial charge in [0.2, 0.25) is 0 Å². The Morgan fingerprint density at radius 3 is 2.59 bits per heavy atom. The molecule has 0 radical (unpaired) electrons. The molecule has 0 spiro atoms. The Kier molecular flexibility index (Phi) is 3.98. The third-order valence-electron chi connectivity index (χ3n) is 3.58. The van der Waals surface area contributed by atoms with Crippen LogP contribution in [0, 0.1) is 6.92 Å². The van der Waals surface area contributed by atoms with Gasteiger partial charge in [-0.05, 0) is 42.3 Å². The van der Waals surface area contributed by atoms with Crippen molar-refractivity contribution in [1.29, 1.82) is 0 Å². The Morgan fingerprint density at radius 2 is 1.95 bits per heavy atom. The van der Waals surface area contributed by atoms with Crippen LogP contribution in [0.3, 0.4) is 0 Å². The molecule has 0 saturated heterocycles. The van der Waals surface area contributed by atoms with Gasteiger partial charge in [-0.15, -0.1) is 0 Å². The predicted molar refractivity (Wildman–Crippen MR) is 91.7 cm³/mol. The molecule has 4 nitrogen and oxygen atoms in total. The van der Waals surface area contributed by atoms with Crippen molar-refractivity contribution in [3.05, 3.63) is 58.0 Å². The molecule has 1 aromatic heterocycles. The van der Waals surface area contributed by atoms with E-state index in [0.29, 0.717) is 11.0 Å². The molecule has 3 rings (SSSR count). The van der Waals surface area contributed by atoms with E-state index in [1.54, 1.807) is 14.0 Å². The normalized spacial score (nSPS) is 10.9. The average Bonchev–Trinajstić information content (AvgIpc) is 2.55.